The van der Waals surface area contributed by atoms with E-state index in [0.29, 0.717) is 5.41 Å². The molecule has 3 aromatic rings. The Morgan fingerprint density at radius 1 is 0.889 bits per heavy atom. The van der Waals surface area contributed by atoms with Crippen molar-refractivity contribution in [3.63, 3.8) is 0 Å². The number of amides is 1. The number of rotatable bonds is 4. The predicted molar refractivity (Wildman–Crippen MR) is 147 cm³/mol. The molecule has 0 saturated carbocycles. The van der Waals surface area contributed by atoms with E-state index in [0.717, 1.165) is 63.4 Å². The Morgan fingerprint density at radius 2 is 1.58 bits per heavy atom. The summed E-state index contributed by atoms with van der Waals surface area (Å²) in [5, 5.41) is 0. The average molecular weight is 499 g/mol. The Bertz CT molecular complexity index is 1270. The summed E-state index contributed by atoms with van der Waals surface area (Å²) >= 11 is 1.79. The van der Waals surface area contributed by atoms with Gasteiger partial charge in [0.05, 0.1) is 4.88 Å². The summed E-state index contributed by atoms with van der Waals surface area (Å²) < 4.78 is 0. The third-order valence-corrected chi connectivity index (χ3v) is 9.60. The highest BCUT2D eigenvalue weighted by Crippen LogP contribution is 2.42. The molecule has 1 aromatic carbocycles. The molecular formula is C30H34N4OS. The summed E-state index contributed by atoms with van der Waals surface area (Å²) in [6.45, 7) is 12.1. The average Bonchev–Trinajstić information content (AvgIpc) is 3.55. The number of aromatic nitrogens is 1. The van der Waals surface area contributed by atoms with E-state index in [1.54, 1.807) is 11.3 Å². The zero-order valence-electron chi connectivity index (χ0n) is 21.1. The molecule has 36 heavy (non-hydrogen) atoms. The van der Waals surface area contributed by atoms with Crippen molar-refractivity contribution in [3.8, 4) is 0 Å². The molecule has 5 heterocycles. The minimum absolute atomic E-state index is 0.188. The summed E-state index contributed by atoms with van der Waals surface area (Å²) in [7, 11) is 0. The monoisotopic (exact) mass is 498 g/mol. The van der Waals surface area contributed by atoms with Gasteiger partial charge in [-0.3, -0.25) is 9.78 Å². The molecule has 0 bridgehead atoms. The Balaban J connectivity index is 1.06. The van der Waals surface area contributed by atoms with Gasteiger partial charge in [-0.15, -0.1) is 11.3 Å². The highest BCUT2D eigenvalue weighted by atomic mass is 32.1. The second-order valence-corrected chi connectivity index (χ2v) is 12.0. The minimum Gasteiger partial charge on any atom is -0.371 e. The van der Waals surface area contributed by atoms with Crippen LogP contribution in [-0.4, -0.2) is 46.9 Å². The Hall–Kier alpha value is -3.12. The molecule has 1 spiro atoms. The van der Waals surface area contributed by atoms with Crippen molar-refractivity contribution in [2.24, 2.45) is 5.41 Å². The maximum Gasteiger partial charge on any atom is 0.253 e. The van der Waals surface area contributed by atoms with Crippen molar-refractivity contribution in [1.29, 1.82) is 0 Å². The van der Waals surface area contributed by atoms with Crippen LogP contribution in [0.5, 0.6) is 0 Å². The van der Waals surface area contributed by atoms with Gasteiger partial charge in [0.1, 0.15) is 0 Å². The van der Waals surface area contributed by atoms with Crippen molar-refractivity contribution in [3.05, 3.63) is 87.9 Å². The number of carbonyl (C=O) groups excluding carboxylic acids is 1. The normalized spacial score (nSPS) is 19.0. The quantitative estimate of drug-likeness (QED) is 0.445. The van der Waals surface area contributed by atoms with E-state index in [-0.39, 0.29) is 5.91 Å². The van der Waals surface area contributed by atoms with Crippen molar-refractivity contribution in [2.75, 3.05) is 31.1 Å². The van der Waals surface area contributed by atoms with Crippen LogP contribution in [0.4, 0.5) is 5.69 Å². The van der Waals surface area contributed by atoms with E-state index < -0.39 is 0 Å². The number of thiophene rings is 1. The van der Waals surface area contributed by atoms with Crippen LogP contribution in [0.3, 0.4) is 0 Å². The van der Waals surface area contributed by atoms with Gasteiger partial charge >= 0.3 is 0 Å². The first-order valence-electron chi connectivity index (χ1n) is 13.1. The molecule has 0 unspecified atom stereocenters. The molecule has 0 aliphatic carbocycles. The molecule has 186 valence electrons. The fourth-order valence-electron chi connectivity index (χ4n) is 6.12. The van der Waals surface area contributed by atoms with Crippen molar-refractivity contribution in [1.82, 2.24) is 14.8 Å². The van der Waals surface area contributed by atoms with Gasteiger partial charge in [0, 0.05) is 73.5 Å². The summed E-state index contributed by atoms with van der Waals surface area (Å²) in [4.78, 5) is 27.0. The number of fused-ring (bicyclic) bond motifs is 1. The Kier molecular flexibility index (Phi) is 6.08. The lowest BCUT2D eigenvalue weighted by molar-refractivity contribution is 0.0515. The van der Waals surface area contributed by atoms with Crippen LogP contribution in [0.15, 0.2) is 61.4 Å². The van der Waals surface area contributed by atoms with E-state index in [2.05, 4.69) is 69.6 Å². The lowest BCUT2D eigenvalue weighted by Crippen LogP contribution is -2.48. The SMILES string of the molecule is C=C(c1ccc(C)s1)N1Cc2ccc(C(=O)N3CCC4(CC3)CCN(c3ccncc3)CC4)cc2C1. The first-order chi connectivity index (χ1) is 17.5. The summed E-state index contributed by atoms with van der Waals surface area (Å²) in [5.74, 6) is 0.188. The topological polar surface area (TPSA) is 39.7 Å². The van der Waals surface area contributed by atoms with Crippen LogP contribution < -0.4 is 4.90 Å². The molecule has 2 saturated heterocycles. The molecule has 1 amide bonds. The number of benzene rings is 1. The molecule has 6 heteroatoms. The highest BCUT2D eigenvalue weighted by Gasteiger charge is 2.39. The summed E-state index contributed by atoms with van der Waals surface area (Å²) in [6, 6.07) is 14.8. The van der Waals surface area contributed by atoms with Crippen molar-refractivity contribution < 1.29 is 4.79 Å². The minimum atomic E-state index is 0.188. The van der Waals surface area contributed by atoms with Gasteiger partial charge in [-0.05, 0) is 85.5 Å². The number of pyridine rings is 1. The number of hydrogen-bond donors (Lipinski definition) is 0. The smallest absolute Gasteiger partial charge is 0.253 e. The maximum atomic E-state index is 13.4. The number of anilines is 1. The van der Waals surface area contributed by atoms with Gasteiger partial charge in [-0.2, -0.15) is 0 Å². The Labute approximate surface area is 218 Å². The molecular weight excluding hydrogens is 464 g/mol. The number of carbonyl (C=O) groups is 1. The highest BCUT2D eigenvalue weighted by molar-refractivity contribution is 7.13. The van der Waals surface area contributed by atoms with Crippen molar-refractivity contribution in [2.45, 2.75) is 45.7 Å². The predicted octanol–water partition coefficient (Wildman–Crippen LogP) is 5.96. The number of aryl methyl sites for hydroxylation is 1. The van der Waals surface area contributed by atoms with Crippen LogP contribution in [0, 0.1) is 12.3 Å². The molecule has 0 N–H and O–H groups in total. The zero-order chi connectivity index (χ0) is 24.7. The first kappa shape index (κ1) is 23.3. The van der Waals surface area contributed by atoms with E-state index in [4.69, 9.17) is 0 Å². The van der Waals surface area contributed by atoms with E-state index in [1.807, 2.05) is 18.5 Å². The molecule has 6 rings (SSSR count). The van der Waals surface area contributed by atoms with E-state index >= 15 is 0 Å². The third-order valence-electron chi connectivity index (χ3n) is 8.55. The standard InChI is InChI=1S/C30H34N4OS/c1-22-3-6-28(36-22)23(2)34-20-25-5-4-24(19-26(25)21-34)29(35)33-17-11-30(12-18-33)9-15-32(16-10-30)27-7-13-31-14-8-27/h3-8,13-14,19H,2,9-12,15-18,20-21H2,1H3. The number of likely N-dealkylation sites (tertiary alicyclic amines) is 1. The summed E-state index contributed by atoms with van der Waals surface area (Å²) in [5.41, 5.74) is 6.13. The largest absolute Gasteiger partial charge is 0.371 e. The fraction of sp³-hybridized carbons (Fsp3) is 0.400. The van der Waals surface area contributed by atoms with Gasteiger partial charge in [0.15, 0.2) is 0 Å². The number of piperidine rings is 2. The molecule has 2 aromatic heterocycles. The second kappa shape index (κ2) is 9.40. The van der Waals surface area contributed by atoms with Gasteiger partial charge in [0.25, 0.3) is 5.91 Å². The third kappa shape index (κ3) is 4.43. The Morgan fingerprint density at radius 3 is 2.28 bits per heavy atom. The van der Waals surface area contributed by atoms with Gasteiger partial charge in [-0.1, -0.05) is 12.6 Å². The van der Waals surface area contributed by atoms with Crippen LogP contribution in [0.1, 0.15) is 56.9 Å². The first-order valence-corrected chi connectivity index (χ1v) is 13.9. The summed E-state index contributed by atoms with van der Waals surface area (Å²) in [6.07, 6.45) is 8.39. The zero-order valence-corrected chi connectivity index (χ0v) is 21.9. The molecule has 0 atom stereocenters. The van der Waals surface area contributed by atoms with Crippen LogP contribution in [-0.2, 0) is 13.1 Å². The van der Waals surface area contributed by atoms with Gasteiger partial charge in [0.2, 0.25) is 0 Å². The molecule has 3 aliphatic heterocycles. The van der Waals surface area contributed by atoms with Crippen LogP contribution >= 0.6 is 11.3 Å². The lowest BCUT2D eigenvalue weighted by Gasteiger charge is -2.47. The van der Waals surface area contributed by atoms with Crippen LogP contribution in [0.2, 0.25) is 0 Å². The van der Waals surface area contributed by atoms with E-state index in [9.17, 15) is 4.79 Å². The van der Waals surface area contributed by atoms with Crippen LogP contribution in [0.25, 0.3) is 5.70 Å². The maximum absolute atomic E-state index is 13.4. The van der Waals surface area contributed by atoms with Gasteiger partial charge < -0.3 is 14.7 Å². The lowest BCUT2D eigenvalue weighted by atomic mass is 9.71. The number of nitrogens with zero attached hydrogens (tertiary/aromatic N) is 4. The number of hydrogen-bond acceptors (Lipinski definition) is 5. The van der Waals surface area contributed by atoms with Crippen molar-refractivity contribution >= 4 is 28.6 Å². The molecule has 0 radical (unpaired) electrons. The van der Waals surface area contributed by atoms with Gasteiger partial charge in [-0.25, -0.2) is 0 Å². The molecule has 3 aliphatic rings. The molecule has 5 nitrogen and oxygen atoms in total. The second-order valence-electron chi connectivity index (χ2n) is 10.7. The molecule has 2 fully saturated rings. The fourth-order valence-corrected chi connectivity index (χ4v) is 6.99. The van der Waals surface area contributed by atoms with E-state index in [1.165, 1.54) is 39.4 Å².